The first kappa shape index (κ1) is 8.92. The molecule has 0 saturated carbocycles. The number of thiazole rings is 1. The number of nitrogens with zero attached hydrogens (tertiary/aromatic N) is 1. The molecule has 0 atom stereocenters. The zero-order valence-electron chi connectivity index (χ0n) is 8.58. The number of anilines is 1. The highest BCUT2D eigenvalue weighted by atomic mass is 32.1. The van der Waals surface area contributed by atoms with Crippen molar-refractivity contribution < 1.29 is 0 Å². The summed E-state index contributed by atoms with van der Waals surface area (Å²) in [6.07, 6.45) is 2.20. The number of hydrogen-bond donors (Lipinski definition) is 1. The van der Waals surface area contributed by atoms with E-state index < -0.39 is 0 Å². The van der Waals surface area contributed by atoms with Gasteiger partial charge < -0.3 is 5.73 Å². The first-order valence-corrected chi connectivity index (χ1v) is 5.91. The minimum Gasteiger partial charge on any atom is -0.375 e. The van der Waals surface area contributed by atoms with Crippen LogP contribution in [0.25, 0.3) is 11.3 Å². The van der Waals surface area contributed by atoms with Crippen LogP contribution in [0.1, 0.15) is 16.0 Å². The van der Waals surface area contributed by atoms with Crippen molar-refractivity contribution in [2.75, 3.05) is 5.73 Å². The molecule has 1 aliphatic rings. The predicted molar refractivity (Wildman–Crippen MR) is 64.1 cm³/mol. The number of aromatic nitrogens is 1. The van der Waals surface area contributed by atoms with Crippen LogP contribution in [0.5, 0.6) is 0 Å². The van der Waals surface area contributed by atoms with Gasteiger partial charge in [0.05, 0.1) is 5.69 Å². The van der Waals surface area contributed by atoms with E-state index in [4.69, 9.17) is 5.73 Å². The molecule has 1 aliphatic carbocycles. The molecule has 3 rings (SSSR count). The number of hydrogen-bond acceptors (Lipinski definition) is 3. The first-order valence-electron chi connectivity index (χ1n) is 5.09. The van der Waals surface area contributed by atoms with E-state index in [0.29, 0.717) is 5.13 Å². The third kappa shape index (κ3) is 1.35. The molecule has 0 radical (unpaired) electrons. The van der Waals surface area contributed by atoms with Crippen LogP contribution in [-0.2, 0) is 12.8 Å². The van der Waals surface area contributed by atoms with Crippen LogP contribution in [-0.4, -0.2) is 4.98 Å². The summed E-state index contributed by atoms with van der Waals surface area (Å²) >= 11 is 1.63. The average molecular weight is 216 g/mol. The molecule has 2 aromatic rings. The molecule has 0 unspecified atom stereocenters. The van der Waals surface area contributed by atoms with Crippen molar-refractivity contribution in [3.63, 3.8) is 0 Å². The van der Waals surface area contributed by atoms with Gasteiger partial charge in [0.25, 0.3) is 0 Å². The normalized spacial score (nSPS) is 13.4. The molecule has 0 aliphatic heterocycles. The Morgan fingerprint density at radius 3 is 3.07 bits per heavy atom. The van der Waals surface area contributed by atoms with Gasteiger partial charge in [-0.25, -0.2) is 4.98 Å². The van der Waals surface area contributed by atoms with E-state index in [9.17, 15) is 0 Å². The van der Waals surface area contributed by atoms with E-state index >= 15 is 0 Å². The van der Waals surface area contributed by atoms with Gasteiger partial charge in [-0.1, -0.05) is 17.7 Å². The van der Waals surface area contributed by atoms with Crippen molar-refractivity contribution in [2.24, 2.45) is 0 Å². The van der Waals surface area contributed by atoms with Crippen LogP contribution >= 0.6 is 11.3 Å². The lowest BCUT2D eigenvalue weighted by Crippen LogP contribution is -2.02. The maximum atomic E-state index is 5.76. The smallest absolute Gasteiger partial charge is 0.180 e. The molecule has 0 saturated heterocycles. The number of benzene rings is 1. The second-order valence-electron chi connectivity index (χ2n) is 3.98. The predicted octanol–water partition coefficient (Wildman–Crippen LogP) is 2.80. The van der Waals surface area contributed by atoms with Crippen molar-refractivity contribution in [3.05, 3.63) is 34.2 Å². The lowest BCUT2D eigenvalue weighted by atomic mass is 9.92. The van der Waals surface area contributed by atoms with Crippen LogP contribution in [0.4, 0.5) is 5.13 Å². The number of nitrogens with two attached hydrogens (primary N) is 1. The Labute approximate surface area is 92.8 Å². The maximum absolute atomic E-state index is 5.76. The Morgan fingerprint density at radius 1 is 1.33 bits per heavy atom. The third-order valence-electron chi connectivity index (χ3n) is 2.86. The van der Waals surface area contributed by atoms with E-state index in [1.807, 2.05) is 0 Å². The van der Waals surface area contributed by atoms with E-state index in [1.165, 1.54) is 21.6 Å². The molecular weight excluding hydrogens is 204 g/mol. The van der Waals surface area contributed by atoms with Crippen molar-refractivity contribution in [3.8, 4) is 11.3 Å². The topological polar surface area (TPSA) is 38.9 Å². The van der Waals surface area contributed by atoms with Crippen molar-refractivity contribution in [1.82, 2.24) is 4.98 Å². The average Bonchev–Trinajstić information content (AvgIpc) is 2.58. The molecule has 3 heteroatoms. The van der Waals surface area contributed by atoms with Gasteiger partial charge in [0.2, 0.25) is 0 Å². The Bertz CT molecular complexity index is 528. The van der Waals surface area contributed by atoms with Gasteiger partial charge in [-0.15, -0.1) is 11.3 Å². The molecule has 15 heavy (non-hydrogen) atoms. The fourth-order valence-corrected chi connectivity index (χ4v) is 2.97. The Kier molecular flexibility index (Phi) is 1.83. The quantitative estimate of drug-likeness (QED) is 0.735. The molecule has 0 amide bonds. The highest BCUT2D eigenvalue weighted by molar-refractivity contribution is 7.15. The van der Waals surface area contributed by atoms with Crippen molar-refractivity contribution in [1.29, 1.82) is 0 Å². The summed E-state index contributed by atoms with van der Waals surface area (Å²) in [7, 11) is 0. The number of fused-ring (bicyclic) bond motifs is 3. The van der Waals surface area contributed by atoms with E-state index in [2.05, 4.69) is 30.1 Å². The van der Waals surface area contributed by atoms with E-state index in [1.54, 1.807) is 11.3 Å². The van der Waals surface area contributed by atoms with Gasteiger partial charge in [-0.3, -0.25) is 0 Å². The summed E-state index contributed by atoms with van der Waals surface area (Å²) in [6.45, 7) is 2.12. The van der Waals surface area contributed by atoms with Crippen molar-refractivity contribution >= 4 is 16.5 Å². The van der Waals surface area contributed by atoms with Gasteiger partial charge in [-0.05, 0) is 31.4 Å². The molecule has 76 valence electrons. The Morgan fingerprint density at radius 2 is 2.20 bits per heavy atom. The minimum atomic E-state index is 0.689. The monoisotopic (exact) mass is 216 g/mol. The molecule has 0 bridgehead atoms. The van der Waals surface area contributed by atoms with E-state index in [0.717, 1.165) is 18.5 Å². The Balaban J connectivity index is 2.27. The lowest BCUT2D eigenvalue weighted by molar-refractivity contribution is 0.954. The highest BCUT2D eigenvalue weighted by Gasteiger charge is 2.19. The van der Waals surface area contributed by atoms with E-state index in [-0.39, 0.29) is 0 Å². The van der Waals surface area contributed by atoms with Crippen LogP contribution in [0.3, 0.4) is 0 Å². The van der Waals surface area contributed by atoms with Crippen LogP contribution in [0, 0.1) is 6.92 Å². The number of rotatable bonds is 0. The number of nitrogen functional groups attached to an aromatic ring is 1. The lowest BCUT2D eigenvalue weighted by Gasteiger charge is -2.15. The molecule has 0 spiro atoms. The van der Waals surface area contributed by atoms with Crippen LogP contribution < -0.4 is 5.73 Å². The molecule has 2 nitrogen and oxygen atoms in total. The Hall–Kier alpha value is -1.35. The summed E-state index contributed by atoms with van der Waals surface area (Å²) in [6, 6.07) is 6.59. The zero-order chi connectivity index (χ0) is 10.4. The molecular formula is C12H12N2S. The summed E-state index contributed by atoms with van der Waals surface area (Å²) in [5.74, 6) is 0. The summed E-state index contributed by atoms with van der Waals surface area (Å²) in [4.78, 5) is 5.77. The van der Waals surface area contributed by atoms with Gasteiger partial charge >= 0.3 is 0 Å². The molecule has 1 aromatic heterocycles. The van der Waals surface area contributed by atoms with Crippen LogP contribution in [0.15, 0.2) is 18.2 Å². The third-order valence-corrected chi connectivity index (χ3v) is 3.80. The zero-order valence-corrected chi connectivity index (χ0v) is 9.40. The first-order chi connectivity index (χ1) is 7.24. The fraction of sp³-hybridized carbons (Fsp3) is 0.250. The second-order valence-corrected chi connectivity index (χ2v) is 5.10. The second kappa shape index (κ2) is 3.07. The van der Waals surface area contributed by atoms with Gasteiger partial charge in [0, 0.05) is 10.4 Å². The highest BCUT2D eigenvalue weighted by Crippen LogP contribution is 2.37. The molecule has 1 heterocycles. The largest absolute Gasteiger partial charge is 0.375 e. The minimum absolute atomic E-state index is 0.689. The summed E-state index contributed by atoms with van der Waals surface area (Å²) in [5.41, 5.74) is 10.8. The SMILES string of the molecule is Cc1ccc2c(c1)-c1nc(N)sc1CC2. The van der Waals surface area contributed by atoms with Crippen molar-refractivity contribution in [2.45, 2.75) is 19.8 Å². The fourth-order valence-electron chi connectivity index (χ4n) is 2.13. The van der Waals surface area contributed by atoms with Gasteiger partial charge in [0.15, 0.2) is 5.13 Å². The molecule has 2 N–H and O–H groups in total. The maximum Gasteiger partial charge on any atom is 0.180 e. The molecule has 1 aromatic carbocycles. The summed E-state index contributed by atoms with van der Waals surface area (Å²) < 4.78 is 0. The summed E-state index contributed by atoms with van der Waals surface area (Å²) in [5, 5.41) is 0.689. The number of aryl methyl sites for hydroxylation is 3. The van der Waals surface area contributed by atoms with Gasteiger partial charge in [-0.2, -0.15) is 0 Å². The molecule has 0 fully saturated rings. The van der Waals surface area contributed by atoms with Crippen LogP contribution in [0.2, 0.25) is 0 Å². The standard InChI is InChI=1S/C12H12N2S/c1-7-2-3-8-4-5-10-11(9(8)6-7)14-12(13)15-10/h2-3,6H,4-5H2,1H3,(H2,13,14). The van der Waals surface area contributed by atoms with Gasteiger partial charge in [0.1, 0.15) is 0 Å².